The average molecular weight is 203 g/mol. The summed E-state index contributed by atoms with van der Waals surface area (Å²) in [6.07, 6.45) is 2.01. The largest absolute Gasteiger partial charge is 0.465 e. The van der Waals surface area contributed by atoms with Gasteiger partial charge in [-0.05, 0) is 32.6 Å². The van der Waals surface area contributed by atoms with Crippen LogP contribution in [0.4, 0.5) is 0 Å². The van der Waals surface area contributed by atoms with Crippen LogP contribution >= 0.6 is 12.6 Å². The van der Waals surface area contributed by atoms with Crippen LogP contribution in [0.1, 0.15) is 40.5 Å². The second-order valence-electron chi connectivity index (χ2n) is 4.18. The van der Waals surface area contributed by atoms with Gasteiger partial charge < -0.3 is 4.74 Å². The highest BCUT2D eigenvalue weighted by Gasteiger charge is 2.24. The summed E-state index contributed by atoms with van der Waals surface area (Å²) in [5, 5.41) is 0. The lowest BCUT2D eigenvalue weighted by Crippen LogP contribution is -2.27. The predicted molar refractivity (Wildman–Crippen MR) is 56.7 cm³/mol. The van der Waals surface area contributed by atoms with E-state index in [0.717, 1.165) is 12.8 Å². The maximum atomic E-state index is 11.2. The van der Waals surface area contributed by atoms with Crippen molar-refractivity contribution in [1.29, 1.82) is 0 Å². The number of carbonyl (C=O) groups excluding carboxylic acids is 1. The van der Waals surface area contributed by atoms with Crippen molar-refractivity contribution in [3.63, 3.8) is 0 Å². The van der Waals surface area contributed by atoms with E-state index in [1.54, 1.807) is 13.8 Å². The molecule has 0 heterocycles. The molecule has 0 unspecified atom stereocenters. The highest BCUT2D eigenvalue weighted by molar-refractivity contribution is 7.82. The van der Waals surface area contributed by atoms with Gasteiger partial charge in [0.15, 0.2) is 0 Å². The van der Waals surface area contributed by atoms with Gasteiger partial charge in [-0.1, -0.05) is 26.5 Å². The molecule has 1 radical (unpaired) electrons. The molecule has 0 saturated heterocycles. The maximum Gasteiger partial charge on any atom is 0.322 e. The van der Waals surface area contributed by atoms with E-state index in [2.05, 4.69) is 13.8 Å². The molecule has 13 heavy (non-hydrogen) atoms. The molecule has 0 aromatic rings. The van der Waals surface area contributed by atoms with Crippen molar-refractivity contribution in [2.24, 2.45) is 5.92 Å². The van der Waals surface area contributed by atoms with Crippen LogP contribution in [-0.4, -0.2) is 17.3 Å². The lowest BCUT2D eigenvalue weighted by molar-refractivity contribution is -0.145. The Kier molecular flexibility index (Phi) is 5.45. The summed E-state index contributed by atoms with van der Waals surface area (Å²) in [6, 6.07) is 0. The summed E-state index contributed by atoms with van der Waals surface area (Å²) in [6.45, 7) is 8.18. The van der Waals surface area contributed by atoms with Crippen molar-refractivity contribution in [1.82, 2.24) is 0 Å². The van der Waals surface area contributed by atoms with Gasteiger partial charge in [0.2, 0.25) is 0 Å². The van der Waals surface area contributed by atoms with Crippen LogP contribution in [0.5, 0.6) is 0 Å². The first kappa shape index (κ1) is 12.8. The number of rotatable bonds is 5. The third-order valence-electron chi connectivity index (χ3n) is 1.65. The van der Waals surface area contributed by atoms with Crippen molar-refractivity contribution < 1.29 is 9.53 Å². The molecule has 0 saturated carbocycles. The zero-order valence-corrected chi connectivity index (χ0v) is 9.74. The van der Waals surface area contributed by atoms with Crippen LogP contribution in [0.25, 0.3) is 0 Å². The van der Waals surface area contributed by atoms with E-state index < -0.39 is 4.75 Å². The highest BCUT2D eigenvalue weighted by Crippen LogP contribution is 2.14. The van der Waals surface area contributed by atoms with Gasteiger partial charge in [0.25, 0.3) is 0 Å². The number of ether oxygens (including phenoxy) is 1. The summed E-state index contributed by atoms with van der Waals surface area (Å²) in [4.78, 5) is 11.2. The van der Waals surface area contributed by atoms with Gasteiger partial charge in [-0.2, -0.15) is 0 Å². The molecule has 0 aliphatic rings. The second kappa shape index (κ2) is 5.53. The first-order valence-corrected chi connectivity index (χ1v) is 5.12. The van der Waals surface area contributed by atoms with Crippen LogP contribution in [0.3, 0.4) is 0 Å². The molecule has 77 valence electrons. The summed E-state index contributed by atoms with van der Waals surface area (Å²) >= 11 is 4.93. The fraction of sp³-hybridized carbons (Fsp3) is 0.900. The summed E-state index contributed by atoms with van der Waals surface area (Å²) in [5.41, 5.74) is 0. The Bertz CT molecular complexity index is 159. The van der Waals surface area contributed by atoms with Crippen LogP contribution in [0.15, 0.2) is 0 Å². The van der Waals surface area contributed by atoms with Gasteiger partial charge >= 0.3 is 5.97 Å². The van der Waals surface area contributed by atoms with Gasteiger partial charge in [-0.15, -0.1) is 0 Å². The molecule has 0 bridgehead atoms. The van der Waals surface area contributed by atoms with Crippen molar-refractivity contribution in [3.05, 3.63) is 0 Å². The van der Waals surface area contributed by atoms with Crippen LogP contribution in [0, 0.1) is 5.92 Å². The molecule has 0 spiro atoms. The minimum atomic E-state index is -0.780. The van der Waals surface area contributed by atoms with Gasteiger partial charge in [0.05, 0.1) is 6.61 Å². The number of carbonyl (C=O) groups is 1. The van der Waals surface area contributed by atoms with E-state index in [1.807, 2.05) is 0 Å². The SMILES string of the molecule is CC(C)CCCOC(=O)C(C)(C)[S]. The predicted octanol–water partition coefficient (Wildman–Crippen LogP) is 2.94. The van der Waals surface area contributed by atoms with Crippen LogP contribution in [0.2, 0.25) is 0 Å². The Balaban J connectivity index is 3.49. The molecular formula is C10H19O2S. The minimum Gasteiger partial charge on any atom is -0.465 e. The molecule has 2 nitrogen and oxygen atoms in total. The zero-order valence-electron chi connectivity index (χ0n) is 8.92. The highest BCUT2D eigenvalue weighted by atomic mass is 32.1. The van der Waals surface area contributed by atoms with E-state index in [4.69, 9.17) is 17.4 Å². The maximum absolute atomic E-state index is 11.2. The Morgan fingerprint density at radius 3 is 2.38 bits per heavy atom. The van der Waals surface area contributed by atoms with E-state index in [0.29, 0.717) is 12.5 Å². The van der Waals surface area contributed by atoms with Crippen molar-refractivity contribution >= 4 is 18.6 Å². The Morgan fingerprint density at radius 2 is 2.00 bits per heavy atom. The fourth-order valence-electron chi connectivity index (χ4n) is 0.830. The number of hydrogen-bond acceptors (Lipinski definition) is 2. The van der Waals surface area contributed by atoms with E-state index in [-0.39, 0.29) is 5.97 Å². The fourth-order valence-corrected chi connectivity index (χ4v) is 0.889. The quantitative estimate of drug-likeness (QED) is 0.507. The van der Waals surface area contributed by atoms with Crippen molar-refractivity contribution in [3.8, 4) is 0 Å². The van der Waals surface area contributed by atoms with Gasteiger partial charge in [-0.3, -0.25) is 4.79 Å². The minimum absolute atomic E-state index is 0.286. The van der Waals surface area contributed by atoms with Crippen molar-refractivity contribution in [2.45, 2.75) is 45.3 Å². The molecule has 0 aliphatic heterocycles. The Hall–Kier alpha value is -0.180. The smallest absolute Gasteiger partial charge is 0.322 e. The first-order chi connectivity index (χ1) is 5.84. The van der Waals surface area contributed by atoms with Crippen LogP contribution < -0.4 is 0 Å². The summed E-state index contributed by atoms with van der Waals surface area (Å²) in [5.74, 6) is 0.376. The lowest BCUT2D eigenvalue weighted by atomic mass is 10.1. The zero-order chi connectivity index (χ0) is 10.5. The third kappa shape index (κ3) is 6.94. The standard InChI is InChI=1S/C10H19O2S/c1-8(2)6-5-7-12-9(11)10(3,4)13/h8H,5-7H2,1-4H3. The number of esters is 1. The first-order valence-electron chi connectivity index (χ1n) is 4.71. The molecule has 0 amide bonds. The molecule has 0 aromatic heterocycles. The topological polar surface area (TPSA) is 26.3 Å². The van der Waals surface area contributed by atoms with Gasteiger partial charge in [0, 0.05) is 0 Å². The molecule has 0 aromatic carbocycles. The van der Waals surface area contributed by atoms with E-state index in [1.165, 1.54) is 0 Å². The van der Waals surface area contributed by atoms with E-state index in [9.17, 15) is 4.79 Å². The summed E-state index contributed by atoms with van der Waals surface area (Å²) in [7, 11) is 0. The van der Waals surface area contributed by atoms with E-state index >= 15 is 0 Å². The molecular weight excluding hydrogens is 184 g/mol. The molecule has 0 rings (SSSR count). The van der Waals surface area contributed by atoms with Gasteiger partial charge in [-0.25, -0.2) is 0 Å². The average Bonchev–Trinajstić information content (AvgIpc) is 1.95. The summed E-state index contributed by atoms with van der Waals surface area (Å²) < 4.78 is 4.23. The third-order valence-corrected chi connectivity index (χ3v) is 1.82. The Labute approximate surface area is 86.5 Å². The molecule has 0 N–H and O–H groups in total. The molecule has 0 fully saturated rings. The molecule has 0 atom stereocenters. The van der Waals surface area contributed by atoms with Crippen LogP contribution in [-0.2, 0) is 9.53 Å². The molecule has 3 heteroatoms. The monoisotopic (exact) mass is 203 g/mol. The van der Waals surface area contributed by atoms with Crippen molar-refractivity contribution in [2.75, 3.05) is 6.61 Å². The molecule has 0 aliphatic carbocycles. The van der Waals surface area contributed by atoms with Gasteiger partial charge in [0.1, 0.15) is 4.75 Å². The normalized spacial score (nSPS) is 11.8. The lowest BCUT2D eigenvalue weighted by Gasteiger charge is -2.14. The second-order valence-corrected chi connectivity index (χ2v) is 5.20. The Morgan fingerprint density at radius 1 is 1.46 bits per heavy atom. The number of hydrogen-bond donors (Lipinski definition) is 0.